The van der Waals surface area contributed by atoms with Gasteiger partial charge in [-0.1, -0.05) is 11.6 Å². The first-order valence-electron chi connectivity index (χ1n) is 2.63. The highest BCUT2D eigenvalue weighted by Crippen LogP contribution is 1.94. The van der Waals surface area contributed by atoms with Gasteiger partial charge in [-0.05, 0) is 26.8 Å². The van der Waals surface area contributed by atoms with Crippen LogP contribution in [0.1, 0.15) is 20.3 Å². The molecule has 1 heteroatoms. The number of hydrogen-bond donors (Lipinski definition) is 1. The largest absolute Gasteiger partial charge is 0.330 e. The Bertz CT molecular complexity index is 64.6. The third kappa shape index (κ3) is 3.53. The van der Waals surface area contributed by atoms with Gasteiger partial charge < -0.3 is 5.73 Å². The molecular weight excluding hydrogens is 86.1 g/mol. The molecule has 7 heavy (non-hydrogen) atoms. The molecule has 0 bridgehead atoms. The molecule has 0 aliphatic heterocycles. The topological polar surface area (TPSA) is 26.0 Å². The molecule has 0 saturated carbocycles. The number of nitrogens with two attached hydrogens (primary N) is 1. The molecule has 1 nitrogen and oxygen atoms in total. The fraction of sp³-hybridized carbons (Fsp3) is 0.667. The minimum Gasteiger partial charge on any atom is -0.330 e. The fourth-order valence-electron chi connectivity index (χ4n) is 0.372. The molecule has 0 heterocycles. The first-order chi connectivity index (χ1) is 3.31. The summed E-state index contributed by atoms with van der Waals surface area (Å²) >= 11 is 0. The molecule has 0 atom stereocenters. The molecule has 42 valence electrons. The van der Waals surface area contributed by atoms with Gasteiger partial charge in [-0.15, -0.1) is 0 Å². The van der Waals surface area contributed by atoms with E-state index in [1.165, 1.54) is 5.57 Å². The first kappa shape index (κ1) is 6.70. The molecule has 2 N–H and O–H groups in total. The molecule has 0 aromatic heterocycles. The smallest absolute Gasteiger partial charge is 0.00401 e. The highest BCUT2D eigenvalue weighted by molar-refractivity contribution is 4.94. The van der Waals surface area contributed by atoms with Crippen LogP contribution in [0.5, 0.6) is 0 Å². The lowest BCUT2D eigenvalue weighted by molar-refractivity contribution is 0.947. The van der Waals surface area contributed by atoms with Gasteiger partial charge >= 0.3 is 0 Å². The van der Waals surface area contributed by atoms with Crippen LogP contribution in [0.4, 0.5) is 0 Å². The van der Waals surface area contributed by atoms with Crippen LogP contribution in [0.25, 0.3) is 0 Å². The van der Waals surface area contributed by atoms with Gasteiger partial charge in [0.05, 0.1) is 0 Å². The van der Waals surface area contributed by atoms with E-state index in [4.69, 9.17) is 5.73 Å². The summed E-state index contributed by atoms with van der Waals surface area (Å²) in [5.41, 5.74) is 6.64. The molecule has 0 aromatic carbocycles. The van der Waals surface area contributed by atoms with Crippen LogP contribution >= 0.6 is 0 Å². The maximum atomic E-state index is 5.26. The number of rotatable bonds is 2. The zero-order chi connectivity index (χ0) is 5.70. The standard InChI is InChI=1S/C6H13N/c1-3-6(2)4-5-7/h3H,4-5,7H2,1-2H3/b6-3-. The van der Waals surface area contributed by atoms with E-state index in [9.17, 15) is 0 Å². The summed E-state index contributed by atoms with van der Waals surface area (Å²) in [6.45, 7) is 4.90. The Morgan fingerprint density at radius 3 is 2.43 bits per heavy atom. The second-order valence-corrected chi connectivity index (χ2v) is 1.67. The van der Waals surface area contributed by atoms with Crippen molar-refractivity contribution in [1.29, 1.82) is 0 Å². The molecule has 0 rings (SSSR count). The van der Waals surface area contributed by atoms with E-state index < -0.39 is 0 Å². The molecule has 0 aliphatic rings. The Labute approximate surface area is 45.2 Å². The van der Waals surface area contributed by atoms with Gasteiger partial charge in [-0.25, -0.2) is 0 Å². The average molecular weight is 99.2 g/mol. The molecule has 0 aromatic rings. The van der Waals surface area contributed by atoms with Crippen LogP contribution in [-0.4, -0.2) is 6.54 Å². The third-order valence-electron chi connectivity index (χ3n) is 1.03. The minimum atomic E-state index is 0.774. The van der Waals surface area contributed by atoms with E-state index in [0.29, 0.717) is 0 Å². The summed E-state index contributed by atoms with van der Waals surface area (Å²) in [4.78, 5) is 0. The third-order valence-corrected chi connectivity index (χ3v) is 1.03. The van der Waals surface area contributed by atoms with E-state index in [1.807, 2.05) is 6.92 Å². The summed E-state index contributed by atoms with van der Waals surface area (Å²) in [7, 11) is 0. The molecule has 0 unspecified atom stereocenters. The zero-order valence-corrected chi connectivity index (χ0v) is 5.07. The van der Waals surface area contributed by atoms with E-state index in [0.717, 1.165) is 13.0 Å². The van der Waals surface area contributed by atoms with Crippen molar-refractivity contribution in [3.8, 4) is 0 Å². The van der Waals surface area contributed by atoms with Crippen molar-refractivity contribution in [3.05, 3.63) is 11.6 Å². The predicted molar refractivity (Wildman–Crippen MR) is 33.1 cm³/mol. The van der Waals surface area contributed by atoms with Crippen LogP contribution in [0.2, 0.25) is 0 Å². The van der Waals surface area contributed by atoms with Crippen molar-refractivity contribution in [2.75, 3.05) is 6.54 Å². The van der Waals surface area contributed by atoms with E-state index in [1.54, 1.807) is 0 Å². The summed E-state index contributed by atoms with van der Waals surface area (Å²) in [6, 6.07) is 0. The van der Waals surface area contributed by atoms with Crippen molar-refractivity contribution in [3.63, 3.8) is 0 Å². The van der Waals surface area contributed by atoms with Crippen molar-refractivity contribution >= 4 is 0 Å². The predicted octanol–water partition coefficient (Wildman–Crippen LogP) is 1.30. The van der Waals surface area contributed by atoms with Gasteiger partial charge in [0, 0.05) is 0 Å². The Balaban J connectivity index is 3.17. The van der Waals surface area contributed by atoms with E-state index in [2.05, 4.69) is 13.0 Å². The van der Waals surface area contributed by atoms with Gasteiger partial charge in [0.15, 0.2) is 0 Å². The highest BCUT2D eigenvalue weighted by atomic mass is 14.5. The maximum absolute atomic E-state index is 5.26. The number of hydrogen-bond acceptors (Lipinski definition) is 1. The Kier molecular flexibility index (Phi) is 3.71. The SMILES string of the molecule is C/C=C(/C)CCN. The van der Waals surface area contributed by atoms with Crippen LogP contribution in [0.3, 0.4) is 0 Å². The Hall–Kier alpha value is -0.300. The lowest BCUT2D eigenvalue weighted by Crippen LogP contribution is -1.97. The monoisotopic (exact) mass is 99.1 g/mol. The first-order valence-corrected chi connectivity index (χ1v) is 2.63. The van der Waals surface area contributed by atoms with Gasteiger partial charge in [-0.2, -0.15) is 0 Å². The zero-order valence-electron chi connectivity index (χ0n) is 5.07. The van der Waals surface area contributed by atoms with Gasteiger partial charge in [-0.3, -0.25) is 0 Å². The van der Waals surface area contributed by atoms with Crippen molar-refractivity contribution < 1.29 is 0 Å². The van der Waals surface area contributed by atoms with Crippen LogP contribution in [0.15, 0.2) is 11.6 Å². The van der Waals surface area contributed by atoms with Crippen LogP contribution < -0.4 is 5.73 Å². The molecule has 0 aliphatic carbocycles. The normalized spacial score (nSPS) is 12.1. The van der Waals surface area contributed by atoms with Crippen molar-refractivity contribution in [1.82, 2.24) is 0 Å². The second kappa shape index (κ2) is 3.88. The van der Waals surface area contributed by atoms with E-state index >= 15 is 0 Å². The second-order valence-electron chi connectivity index (χ2n) is 1.67. The molecule has 0 spiro atoms. The van der Waals surface area contributed by atoms with Gasteiger partial charge in [0.25, 0.3) is 0 Å². The summed E-state index contributed by atoms with van der Waals surface area (Å²) in [5.74, 6) is 0. The Morgan fingerprint density at radius 1 is 1.71 bits per heavy atom. The number of allylic oxidation sites excluding steroid dienone is 1. The van der Waals surface area contributed by atoms with Crippen LogP contribution in [0, 0.1) is 0 Å². The molecule has 0 radical (unpaired) electrons. The Morgan fingerprint density at radius 2 is 2.29 bits per heavy atom. The summed E-state index contributed by atoms with van der Waals surface area (Å²) in [5, 5.41) is 0. The average Bonchev–Trinajstić information content (AvgIpc) is 1.68. The lowest BCUT2D eigenvalue weighted by Gasteiger charge is -1.91. The summed E-state index contributed by atoms with van der Waals surface area (Å²) in [6.07, 6.45) is 3.13. The van der Waals surface area contributed by atoms with Crippen LogP contribution in [-0.2, 0) is 0 Å². The van der Waals surface area contributed by atoms with Gasteiger partial charge in [0.2, 0.25) is 0 Å². The highest BCUT2D eigenvalue weighted by Gasteiger charge is 1.79. The quantitative estimate of drug-likeness (QED) is 0.519. The van der Waals surface area contributed by atoms with Gasteiger partial charge in [0.1, 0.15) is 0 Å². The minimum absolute atomic E-state index is 0.774. The molecular formula is C6H13N. The summed E-state index contributed by atoms with van der Waals surface area (Å²) < 4.78 is 0. The fourth-order valence-corrected chi connectivity index (χ4v) is 0.372. The lowest BCUT2D eigenvalue weighted by atomic mass is 10.2. The van der Waals surface area contributed by atoms with Crippen molar-refractivity contribution in [2.45, 2.75) is 20.3 Å². The molecule has 0 amide bonds. The molecule has 0 fully saturated rings. The van der Waals surface area contributed by atoms with Crippen molar-refractivity contribution in [2.24, 2.45) is 5.73 Å². The maximum Gasteiger partial charge on any atom is -0.00401 e. The van der Waals surface area contributed by atoms with E-state index in [-0.39, 0.29) is 0 Å². The molecule has 0 saturated heterocycles.